The summed E-state index contributed by atoms with van der Waals surface area (Å²) in [5.41, 5.74) is 7.04. The zero-order chi connectivity index (χ0) is 18.3. The van der Waals surface area contributed by atoms with Gasteiger partial charge < -0.3 is 11.1 Å². The summed E-state index contributed by atoms with van der Waals surface area (Å²) in [6.45, 7) is 1.94. The normalized spacial score (nSPS) is 12.4. The molecule has 0 unspecified atom stereocenters. The summed E-state index contributed by atoms with van der Waals surface area (Å²) in [6, 6.07) is 7.76. The molecule has 0 amide bonds. The summed E-state index contributed by atoms with van der Waals surface area (Å²) in [4.78, 5) is 12.7. The largest absolute Gasteiger partial charge is 0.384 e. The number of aromatic nitrogens is 6. The van der Waals surface area contributed by atoms with E-state index in [1.807, 2.05) is 30.8 Å². The molecular weight excluding hydrogens is 335 g/mol. The third kappa shape index (κ3) is 2.83. The van der Waals surface area contributed by atoms with E-state index in [0.717, 1.165) is 0 Å². The van der Waals surface area contributed by atoms with Gasteiger partial charge in [-0.2, -0.15) is 5.10 Å². The fraction of sp³-hybridized carbons (Fsp3) is 0.176. The van der Waals surface area contributed by atoms with E-state index < -0.39 is 0 Å². The van der Waals surface area contributed by atoms with Gasteiger partial charge in [0.05, 0.1) is 17.1 Å². The molecule has 0 saturated carbocycles. The summed E-state index contributed by atoms with van der Waals surface area (Å²) in [5, 5.41) is 7.69. The first-order valence-corrected chi connectivity index (χ1v) is 8.03. The third-order valence-corrected chi connectivity index (χ3v) is 4.01. The Balaban J connectivity index is 1.83. The maximum Gasteiger partial charge on any atom is 0.160 e. The first-order chi connectivity index (χ1) is 12.5. The van der Waals surface area contributed by atoms with Crippen LogP contribution < -0.4 is 11.1 Å². The van der Waals surface area contributed by atoms with Crippen molar-refractivity contribution in [1.82, 2.24) is 29.3 Å². The molecule has 0 saturated heterocycles. The van der Waals surface area contributed by atoms with Crippen molar-refractivity contribution < 1.29 is 4.39 Å². The predicted octanol–water partition coefficient (Wildman–Crippen LogP) is 2.44. The van der Waals surface area contributed by atoms with E-state index in [1.165, 1.54) is 18.5 Å². The number of anilines is 2. The SMILES string of the molecule is C[C@H](Nc1cc(N)ncn1)c1nc2ccc(F)cc2n1-c1ccn(C)n1. The van der Waals surface area contributed by atoms with Crippen LogP contribution in [0.4, 0.5) is 16.0 Å². The van der Waals surface area contributed by atoms with Gasteiger partial charge >= 0.3 is 0 Å². The van der Waals surface area contributed by atoms with Crippen molar-refractivity contribution in [1.29, 1.82) is 0 Å². The summed E-state index contributed by atoms with van der Waals surface area (Å²) in [5.74, 6) is 1.96. The number of aryl methyl sites for hydroxylation is 1. The molecule has 0 aliphatic heterocycles. The van der Waals surface area contributed by atoms with E-state index in [-0.39, 0.29) is 11.9 Å². The number of nitrogen functional groups attached to an aromatic ring is 1. The van der Waals surface area contributed by atoms with Gasteiger partial charge in [0, 0.05) is 31.4 Å². The molecule has 0 spiro atoms. The van der Waals surface area contributed by atoms with Crippen LogP contribution in [0.5, 0.6) is 0 Å². The molecule has 26 heavy (non-hydrogen) atoms. The van der Waals surface area contributed by atoms with Crippen LogP contribution in [0.3, 0.4) is 0 Å². The Kier molecular flexibility index (Phi) is 3.76. The Hall–Kier alpha value is -3.49. The molecule has 3 heterocycles. The molecule has 0 radical (unpaired) electrons. The molecule has 1 aromatic carbocycles. The number of nitrogens with one attached hydrogen (secondary N) is 1. The molecule has 0 aliphatic carbocycles. The van der Waals surface area contributed by atoms with E-state index >= 15 is 0 Å². The molecule has 4 aromatic rings. The number of hydrogen-bond donors (Lipinski definition) is 2. The molecular formula is C17H17FN8. The standard InChI is InChI=1S/C17H17FN8/c1-10(22-15-8-14(19)20-9-21-15)17-23-12-4-3-11(18)7-13(12)26(17)16-5-6-25(2)24-16/h3-10H,1-2H3,(H3,19,20,21,22)/t10-/m0/s1. The maximum atomic E-state index is 13.8. The van der Waals surface area contributed by atoms with Crippen LogP contribution in [-0.4, -0.2) is 29.3 Å². The fourth-order valence-electron chi connectivity index (χ4n) is 2.86. The minimum absolute atomic E-state index is 0.234. The monoisotopic (exact) mass is 352 g/mol. The molecule has 0 bridgehead atoms. The molecule has 3 N–H and O–H groups in total. The average molecular weight is 352 g/mol. The minimum atomic E-state index is -0.328. The lowest BCUT2D eigenvalue weighted by Gasteiger charge is -2.15. The van der Waals surface area contributed by atoms with Gasteiger partial charge in [0.15, 0.2) is 5.82 Å². The van der Waals surface area contributed by atoms with E-state index in [1.54, 1.807) is 16.8 Å². The van der Waals surface area contributed by atoms with Crippen molar-refractivity contribution in [2.75, 3.05) is 11.1 Å². The molecule has 8 nitrogen and oxygen atoms in total. The third-order valence-electron chi connectivity index (χ3n) is 4.01. The van der Waals surface area contributed by atoms with Crippen LogP contribution in [0.2, 0.25) is 0 Å². The maximum absolute atomic E-state index is 13.8. The van der Waals surface area contributed by atoms with Crippen molar-refractivity contribution >= 4 is 22.7 Å². The fourth-order valence-corrected chi connectivity index (χ4v) is 2.86. The summed E-state index contributed by atoms with van der Waals surface area (Å²) in [7, 11) is 1.83. The molecule has 0 fully saturated rings. The van der Waals surface area contributed by atoms with Crippen LogP contribution in [0, 0.1) is 5.82 Å². The second-order valence-electron chi connectivity index (χ2n) is 5.98. The Morgan fingerprint density at radius 1 is 1.19 bits per heavy atom. The van der Waals surface area contributed by atoms with E-state index in [4.69, 9.17) is 5.73 Å². The number of halogens is 1. The lowest BCUT2D eigenvalue weighted by Crippen LogP contribution is -2.14. The summed E-state index contributed by atoms with van der Waals surface area (Å²) in [6.07, 6.45) is 3.22. The molecule has 9 heteroatoms. The van der Waals surface area contributed by atoms with Gasteiger partial charge in [0.2, 0.25) is 0 Å². The van der Waals surface area contributed by atoms with Gasteiger partial charge in [-0.25, -0.2) is 19.3 Å². The Morgan fingerprint density at radius 2 is 2.04 bits per heavy atom. The Bertz CT molecular complexity index is 1080. The van der Waals surface area contributed by atoms with Crippen molar-refractivity contribution in [2.24, 2.45) is 7.05 Å². The van der Waals surface area contributed by atoms with E-state index in [2.05, 4.69) is 25.4 Å². The van der Waals surface area contributed by atoms with Crippen LogP contribution >= 0.6 is 0 Å². The molecule has 4 rings (SSSR count). The minimum Gasteiger partial charge on any atom is -0.384 e. The number of benzene rings is 1. The molecule has 1 atom stereocenters. The first-order valence-electron chi connectivity index (χ1n) is 8.03. The highest BCUT2D eigenvalue weighted by Gasteiger charge is 2.20. The van der Waals surface area contributed by atoms with E-state index in [9.17, 15) is 4.39 Å². The van der Waals surface area contributed by atoms with Crippen molar-refractivity contribution in [2.45, 2.75) is 13.0 Å². The Labute approximate surface area is 148 Å². The summed E-state index contributed by atoms with van der Waals surface area (Å²) < 4.78 is 17.3. The lowest BCUT2D eigenvalue weighted by atomic mass is 10.3. The molecule has 3 aromatic heterocycles. The van der Waals surface area contributed by atoms with Gasteiger partial charge in [0.1, 0.15) is 29.6 Å². The van der Waals surface area contributed by atoms with Crippen molar-refractivity contribution in [3.05, 3.63) is 54.5 Å². The predicted molar refractivity (Wildman–Crippen MR) is 96.3 cm³/mol. The smallest absolute Gasteiger partial charge is 0.160 e. The number of fused-ring (bicyclic) bond motifs is 1. The van der Waals surface area contributed by atoms with Crippen LogP contribution in [-0.2, 0) is 7.05 Å². The highest BCUT2D eigenvalue weighted by atomic mass is 19.1. The number of nitrogens with zero attached hydrogens (tertiary/aromatic N) is 6. The van der Waals surface area contributed by atoms with Crippen molar-refractivity contribution in [3.63, 3.8) is 0 Å². The topological polar surface area (TPSA) is 99.5 Å². The van der Waals surface area contributed by atoms with Gasteiger partial charge in [-0.1, -0.05) is 0 Å². The second-order valence-corrected chi connectivity index (χ2v) is 5.98. The lowest BCUT2D eigenvalue weighted by molar-refractivity contribution is 0.629. The van der Waals surface area contributed by atoms with Gasteiger partial charge in [-0.05, 0) is 19.1 Å². The zero-order valence-corrected chi connectivity index (χ0v) is 14.3. The van der Waals surface area contributed by atoms with Crippen LogP contribution in [0.15, 0.2) is 42.9 Å². The molecule has 132 valence electrons. The van der Waals surface area contributed by atoms with Crippen LogP contribution in [0.1, 0.15) is 18.8 Å². The highest BCUT2D eigenvalue weighted by Crippen LogP contribution is 2.27. The highest BCUT2D eigenvalue weighted by molar-refractivity contribution is 5.78. The quantitative estimate of drug-likeness (QED) is 0.585. The van der Waals surface area contributed by atoms with Crippen LogP contribution in [0.25, 0.3) is 16.9 Å². The molecule has 0 aliphatic rings. The number of hydrogen-bond acceptors (Lipinski definition) is 6. The number of rotatable bonds is 4. The van der Waals surface area contributed by atoms with Gasteiger partial charge in [0.25, 0.3) is 0 Å². The van der Waals surface area contributed by atoms with E-state index in [0.29, 0.717) is 34.3 Å². The number of imidazole rings is 1. The van der Waals surface area contributed by atoms with Crippen molar-refractivity contribution in [3.8, 4) is 5.82 Å². The number of nitrogens with two attached hydrogens (primary N) is 1. The first kappa shape index (κ1) is 16.0. The summed E-state index contributed by atoms with van der Waals surface area (Å²) >= 11 is 0. The second kappa shape index (κ2) is 6.10. The zero-order valence-electron chi connectivity index (χ0n) is 14.3. The van der Waals surface area contributed by atoms with Gasteiger partial charge in [-0.3, -0.25) is 9.25 Å². The Morgan fingerprint density at radius 3 is 2.77 bits per heavy atom. The van der Waals surface area contributed by atoms with Gasteiger partial charge in [-0.15, -0.1) is 0 Å². The average Bonchev–Trinajstić information content (AvgIpc) is 3.17.